The lowest BCUT2D eigenvalue weighted by molar-refractivity contribution is 0.139. The van der Waals surface area contributed by atoms with E-state index in [0.717, 1.165) is 18.0 Å². The lowest BCUT2D eigenvalue weighted by Crippen LogP contribution is -2.47. The molecule has 112 valence electrons. The molecule has 2 rings (SSSR count). The van der Waals surface area contributed by atoms with E-state index in [9.17, 15) is 0 Å². The molecule has 0 radical (unpaired) electrons. The van der Waals surface area contributed by atoms with Gasteiger partial charge in [-0.1, -0.05) is 26.7 Å². The van der Waals surface area contributed by atoms with Crippen LogP contribution >= 0.6 is 0 Å². The van der Waals surface area contributed by atoms with Gasteiger partial charge in [0.1, 0.15) is 0 Å². The topological polar surface area (TPSA) is 15.3 Å². The monoisotopic (exact) mass is 266 g/mol. The number of hydrogen-bond acceptors (Lipinski definition) is 2. The molecule has 1 saturated carbocycles. The Balaban J connectivity index is 1.81. The van der Waals surface area contributed by atoms with E-state index in [1.165, 1.54) is 64.5 Å². The Bertz CT molecular complexity index is 244. The number of nitrogens with one attached hydrogen (secondary N) is 1. The van der Waals surface area contributed by atoms with Gasteiger partial charge in [-0.3, -0.25) is 4.90 Å². The van der Waals surface area contributed by atoms with Crippen LogP contribution in [0.5, 0.6) is 0 Å². The Hall–Kier alpha value is -0.0800. The summed E-state index contributed by atoms with van der Waals surface area (Å²) in [5, 5.41) is 3.77. The lowest BCUT2D eigenvalue weighted by atomic mass is 9.95. The van der Waals surface area contributed by atoms with Crippen molar-refractivity contribution in [2.75, 3.05) is 13.1 Å². The van der Waals surface area contributed by atoms with Crippen LogP contribution in [0, 0.1) is 5.92 Å². The van der Waals surface area contributed by atoms with Gasteiger partial charge in [-0.2, -0.15) is 0 Å². The second-order valence-corrected chi connectivity index (χ2v) is 6.76. The van der Waals surface area contributed by atoms with E-state index in [0.29, 0.717) is 6.04 Å². The highest BCUT2D eigenvalue weighted by Crippen LogP contribution is 2.36. The SMILES string of the molecule is CCC(CC)NCC(C)N1CCCC1C1CCCC1. The summed E-state index contributed by atoms with van der Waals surface area (Å²) in [6.07, 6.45) is 11.4. The molecule has 0 bridgehead atoms. The average molecular weight is 266 g/mol. The summed E-state index contributed by atoms with van der Waals surface area (Å²) >= 11 is 0. The van der Waals surface area contributed by atoms with Gasteiger partial charge in [-0.25, -0.2) is 0 Å². The van der Waals surface area contributed by atoms with Crippen LogP contribution in [0.1, 0.15) is 72.1 Å². The van der Waals surface area contributed by atoms with Crippen LogP contribution in [0.3, 0.4) is 0 Å². The summed E-state index contributed by atoms with van der Waals surface area (Å²) in [5.74, 6) is 1.01. The Labute approximate surface area is 120 Å². The predicted octanol–water partition coefficient (Wildman–Crippen LogP) is 3.81. The molecular formula is C17H34N2. The van der Waals surface area contributed by atoms with Crippen molar-refractivity contribution < 1.29 is 0 Å². The Morgan fingerprint density at radius 1 is 1.05 bits per heavy atom. The highest BCUT2D eigenvalue weighted by atomic mass is 15.2. The van der Waals surface area contributed by atoms with E-state index in [1.54, 1.807) is 0 Å². The highest BCUT2D eigenvalue weighted by molar-refractivity contribution is 4.90. The zero-order valence-corrected chi connectivity index (χ0v) is 13.3. The van der Waals surface area contributed by atoms with Gasteiger partial charge in [-0.15, -0.1) is 0 Å². The van der Waals surface area contributed by atoms with Gasteiger partial charge >= 0.3 is 0 Å². The maximum Gasteiger partial charge on any atom is 0.0195 e. The first-order valence-corrected chi connectivity index (χ1v) is 8.75. The highest BCUT2D eigenvalue weighted by Gasteiger charge is 2.35. The zero-order chi connectivity index (χ0) is 13.7. The molecule has 1 N–H and O–H groups in total. The molecular weight excluding hydrogens is 232 g/mol. The average Bonchev–Trinajstić information content (AvgIpc) is 3.10. The third kappa shape index (κ3) is 3.95. The number of hydrogen-bond donors (Lipinski definition) is 1. The maximum absolute atomic E-state index is 3.77. The molecule has 19 heavy (non-hydrogen) atoms. The van der Waals surface area contributed by atoms with Gasteiger partial charge < -0.3 is 5.32 Å². The van der Waals surface area contributed by atoms with Crippen molar-refractivity contribution in [2.24, 2.45) is 5.92 Å². The summed E-state index contributed by atoms with van der Waals surface area (Å²) in [6.45, 7) is 9.54. The molecule has 1 aliphatic carbocycles. The summed E-state index contributed by atoms with van der Waals surface area (Å²) in [4.78, 5) is 2.82. The smallest absolute Gasteiger partial charge is 0.0195 e. The van der Waals surface area contributed by atoms with Crippen LogP contribution < -0.4 is 5.32 Å². The maximum atomic E-state index is 3.77. The molecule has 2 atom stereocenters. The number of rotatable bonds is 7. The lowest BCUT2D eigenvalue weighted by Gasteiger charge is -2.35. The first kappa shape index (κ1) is 15.3. The second-order valence-electron chi connectivity index (χ2n) is 6.76. The molecule has 1 aliphatic heterocycles. The molecule has 0 aromatic carbocycles. The zero-order valence-electron chi connectivity index (χ0n) is 13.3. The standard InChI is InChI=1S/C17H34N2/c1-4-16(5-2)18-13-14(3)19-12-8-11-17(19)15-9-6-7-10-15/h14-18H,4-13H2,1-3H3. The van der Waals surface area contributed by atoms with E-state index >= 15 is 0 Å². The third-order valence-corrected chi connectivity index (χ3v) is 5.54. The molecule has 2 heteroatoms. The van der Waals surface area contributed by atoms with Crippen molar-refractivity contribution in [3.8, 4) is 0 Å². The van der Waals surface area contributed by atoms with Crippen molar-refractivity contribution in [3.05, 3.63) is 0 Å². The summed E-state index contributed by atoms with van der Waals surface area (Å²) < 4.78 is 0. The minimum atomic E-state index is 0.716. The third-order valence-electron chi connectivity index (χ3n) is 5.54. The summed E-state index contributed by atoms with van der Waals surface area (Å²) in [5.41, 5.74) is 0. The minimum absolute atomic E-state index is 0.716. The fourth-order valence-corrected chi connectivity index (χ4v) is 4.24. The van der Waals surface area contributed by atoms with E-state index in [4.69, 9.17) is 0 Å². The molecule has 1 saturated heterocycles. The van der Waals surface area contributed by atoms with Gasteiger partial charge in [-0.05, 0) is 57.9 Å². The molecule has 2 nitrogen and oxygen atoms in total. The Morgan fingerprint density at radius 2 is 1.74 bits per heavy atom. The molecule has 0 amide bonds. The Morgan fingerprint density at radius 3 is 2.37 bits per heavy atom. The largest absolute Gasteiger partial charge is 0.312 e. The van der Waals surface area contributed by atoms with Gasteiger partial charge in [0.25, 0.3) is 0 Å². The van der Waals surface area contributed by atoms with Crippen LogP contribution in [-0.4, -0.2) is 36.1 Å². The molecule has 0 aromatic heterocycles. The van der Waals surface area contributed by atoms with Crippen molar-refractivity contribution in [3.63, 3.8) is 0 Å². The normalized spacial score (nSPS) is 27.5. The molecule has 1 heterocycles. The van der Waals surface area contributed by atoms with Gasteiger partial charge in [0.05, 0.1) is 0 Å². The van der Waals surface area contributed by atoms with Gasteiger partial charge in [0, 0.05) is 24.7 Å². The van der Waals surface area contributed by atoms with Crippen LogP contribution in [0.4, 0.5) is 0 Å². The first-order valence-electron chi connectivity index (χ1n) is 8.75. The quantitative estimate of drug-likeness (QED) is 0.754. The van der Waals surface area contributed by atoms with Gasteiger partial charge in [0.2, 0.25) is 0 Å². The van der Waals surface area contributed by atoms with Crippen molar-refractivity contribution in [2.45, 2.75) is 90.3 Å². The van der Waals surface area contributed by atoms with Crippen LogP contribution in [0.25, 0.3) is 0 Å². The van der Waals surface area contributed by atoms with Crippen LogP contribution in [0.2, 0.25) is 0 Å². The molecule has 0 spiro atoms. The minimum Gasteiger partial charge on any atom is -0.312 e. The fourth-order valence-electron chi connectivity index (χ4n) is 4.24. The van der Waals surface area contributed by atoms with Crippen LogP contribution in [-0.2, 0) is 0 Å². The second kappa shape index (κ2) is 7.64. The van der Waals surface area contributed by atoms with E-state index < -0.39 is 0 Å². The van der Waals surface area contributed by atoms with Crippen molar-refractivity contribution in [1.82, 2.24) is 10.2 Å². The number of nitrogens with zero attached hydrogens (tertiary/aromatic N) is 1. The molecule has 2 aliphatic rings. The Kier molecular flexibility index (Phi) is 6.15. The van der Waals surface area contributed by atoms with Crippen LogP contribution in [0.15, 0.2) is 0 Å². The van der Waals surface area contributed by atoms with E-state index in [-0.39, 0.29) is 0 Å². The van der Waals surface area contributed by atoms with Gasteiger partial charge in [0.15, 0.2) is 0 Å². The summed E-state index contributed by atoms with van der Waals surface area (Å²) in [6, 6.07) is 2.34. The first-order chi connectivity index (χ1) is 9.26. The fraction of sp³-hybridized carbons (Fsp3) is 1.00. The predicted molar refractivity (Wildman–Crippen MR) is 83.5 cm³/mol. The van der Waals surface area contributed by atoms with Crippen molar-refractivity contribution in [1.29, 1.82) is 0 Å². The molecule has 2 unspecified atom stereocenters. The number of likely N-dealkylation sites (tertiary alicyclic amines) is 1. The molecule has 2 fully saturated rings. The van der Waals surface area contributed by atoms with E-state index in [2.05, 4.69) is 31.0 Å². The summed E-state index contributed by atoms with van der Waals surface area (Å²) in [7, 11) is 0. The van der Waals surface area contributed by atoms with E-state index in [1.807, 2.05) is 0 Å². The van der Waals surface area contributed by atoms with Crippen molar-refractivity contribution >= 4 is 0 Å². The molecule has 0 aromatic rings.